The van der Waals surface area contributed by atoms with Crippen LogP contribution in [0.3, 0.4) is 0 Å². The van der Waals surface area contributed by atoms with Gasteiger partial charge in [0.25, 0.3) is 5.91 Å². The Morgan fingerprint density at radius 2 is 2.60 bits per heavy atom. The van der Waals surface area contributed by atoms with Crippen LogP contribution in [0.4, 0.5) is 0 Å². The SMILES string of the molecule is CONC(=O)[C@H]1CCCN1. The molecule has 0 radical (unpaired) electrons. The first-order valence-electron chi connectivity index (χ1n) is 3.41. The second-order valence-electron chi connectivity index (χ2n) is 2.32. The van der Waals surface area contributed by atoms with Crippen LogP contribution in [-0.2, 0) is 9.63 Å². The van der Waals surface area contributed by atoms with E-state index in [2.05, 4.69) is 15.6 Å². The van der Waals surface area contributed by atoms with Crippen LogP contribution in [0.25, 0.3) is 0 Å². The molecule has 0 aliphatic carbocycles. The van der Waals surface area contributed by atoms with Gasteiger partial charge in [0.1, 0.15) is 0 Å². The third kappa shape index (κ3) is 1.68. The van der Waals surface area contributed by atoms with E-state index in [1.807, 2.05) is 0 Å². The number of nitrogens with one attached hydrogen (secondary N) is 2. The van der Waals surface area contributed by atoms with E-state index in [0.717, 1.165) is 19.4 Å². The summed E-state index contributed by atoms with van der Waals surface area (Å²) in [6, 6.07) is -0.0417. The molecule has 1 atom stereocenters. The van der Waals surface area contributed by atoms with E-state index in [1.165, 1.54) is 7.11 Å². The monoisotopic (exact) mass is 144 g/mol. The van der Waals surface area contributed by atoms with Crippen LogP contribution in [0.1, 0.15) is 12.8 Å². The summed E-state index contributed by atoms with van der Waals surface area (Å²) in [6.45, 7) is 0.932. The molecule has 0 aromatic carbocycles. The lowest BCUT2D eigenvalue weighted by Crippen LogP contribution is -2.39. The molecule has 4 heteroatoms. The Morgan fingerprint density at radius 3 is 3.10 bits per heavy atom. The molecule has 0 aromatic rings. The molecule has 0 aromatic heterocycles. The van der Waals surface area contributed by atoms with E-state index < -0.39 is 0 Å². The van der Waals surface area contributed by atoms with Crippen LogP contribution in [0.5, 0.6) is 0 Å². The minimum Gasteiger partial charge on any atom is -0.306 e. The summed E-state index contributed by atoms with van der Waals surface area (Å²) in [5, 5.41) is 3.05. The minimum absolute atomic E-state index is 0.0417. The smallest absolute Gasteiger partial charge is 0.260 e. The van der Waals surface area contributed by atoms with Gasteiger partial charge in [-0.15, -0.1) is 0 Å². The number of carbonyl (C=O) groups is 1. The fraction of sp³-hybridized carbons (Fsp3) is 0.833. The summed E-state index contributed by atoms with van der Waals surface area (Å²) in [7, 11) is 1.44. The molecule has 1 fully saturated rings. The Balaban J connectivity index is 2.25. The van der Waals surface area contributed by atoms with Gasteiger partial charge in [0.2, 0.25) is 0 Å². The average Bonchev–Trinajstić information content (AvgIpc) is 2.38. The maximum atomic E-state index is 10.9. The second kappa shape index (κ2) is 3.53. The number of hydrogen-bond donors (Lipinski definition) is 2. The summed E-state index contributed by atoms with van der Waals surface area (Å²) < 4.78 is 0. The van der Waals surface area contributed by atoms with Gasteiger partial charge in [-0.2, -0.15) is 0 Å². The molecule has 0 saturated carbocycles. The Labute approximate surface area is 59.9 Å². The zero-order valence-electron chi connectivity index (χ0n) is 6.02. The van der Waals surface area contributed by atoms with Crippen molar-refractivity contribution in [2.45, 2.75) is 18.9 Å². The molecular weight excluding hydrogens is 132 g/mol. The number of amides is 1. The molecular formula is C6H12N2O2. The lowest BCUT2D eigenvalue weighted by Gasteiger charge is -2.07. The number of hydroxylamine groups is 1. The molecule has 1 heterocycles. The lowest BCUT2D eigenvalue weighted by molar-refractivity contribution is -0.133. The maximum absolute atomic E-state index is 10.9. The lowest BCUT2D eigenvalue weighted by atomic mass is 10.2. The van der Waals surface area contributed by atoms with Crippen molar-refractivity contribution in [1.82, 2.24) is 10.8 Å². The quantitative estimate of drug-likeness (QED) is 0.510. The highest BCUT2D eigenvalue weighted by atomic mass is 16.6. The fourth-order valence-corrected chi connectivity index (χ4v) is 1.08. The van der Waals surface area contributed by atoms with Gasteiger partial charge in [0.15, 0.2) is 0 Å². The summed E-state index contributed by atoms with van der Waals surface area (Å²) >= 11 is 0. The van der Waals surface area contributed by atoms with Crippen molar-refractivity contribution in [1.29, 1.82) is 0 Å². The van der Waals surface area contributed by atoms with Crippen LogP contribution in [0, 0.1) is 0 Å². The largest absolute Gasteiger partial charge is 0.306 e. The van der Waals surface area contributed by atoms with Gasteiger partial charge in [0.05, 0.1) is 13.2 Å². The number of rotatable bonds is 2. The van der Waals surface area contributed by atoms with Crippen LogP contribution >= 0.6 is 0 Å². The zero-order chi connectivity index (χ0) is 7.40. The average molecular weight is 144 g/mol. The third-order valence-electron chi connectivity index (χ3n) is 1.58. The second-order valence-corrected chi connectivity index (χ2v) is 2.32. The molecule has 4 nitrogen and oxygen atoms in total. The Kier molecular flexibility index (Phi) is 2.65. The molecule has 0 bridgehead atoms. The van der Waals surface area contributed by atoms with E-state index in [9.17, 15) is 4.79 Å². The van der Waals surface area contributed by atoms with Gasteiger partial charge in [-0.25, -0.2) is 5.48 Å². The Hall–Kier alpha value is -0.610. The van der Waals surface area contributed by atoms with Crippen LogP contribution in [0.15, 0.2) is 0 Å². The van der Waals surface area contributed by atoms with Crippen molar-refractivity contribution >= 4 is 5.91 Å². The van der Waals surface area contributed by atoms with Gasteiger partial charge in [0, 0.05) is 0 Å². The molecule has 1 aliphatic rings. The predicted octanol–water partition coefficient (Wildman–Crippen LogP) is -0.584. The molecule has 10 heavy (non-hydrogen) atoms. The van der Waals surface area contributed by atoms with Crippen molar-refractivity contribution in [3.8, 4) is 0 Å². The van der Waals surface area contributed by atoms with Crippen LogP contribution in [0.2, 0.25) is 0 Å². The Morgan fingerprint density at radius 1 is 1.80 bits per heavy atom. The number of carbonyl (C=O) groups excluding carboxylic acids is 1. The van der Waals surface area contributed by atoms with Gasteiger partial charge >= 0.3 is 0 Å². The molecule has 1 amide bonds. The Bertz CT molecular complexity index is 121. The maximum Gasteiger partial charge on any atom is 0.260 e. The molecule has 0 spiro atoms. The van der Waals surface area contributed by atoms with Crippen molar-refractivity contribution in [2.75, 3.05) is 13.7 Å². The summed E-state index contributed by atoms with van der Waals surface area (Å²) in [5.74, 6) is -0.0694. The standard InChI is InChI=1S/C6H12N2O2/c1-10-8-6(9)5-3-2-4-7-5/h5,7H,2-4H2,1H3,(H,8,9)/t5-/m1/s1. The normalized spacial score (nSPS) is 24.7. The van der Waals surface area contributed by atoms with Crippen molar-refractivity contribution in [3.63, 3.8) is 0 Å². The first kappa shape index (κ1) is 7.50. The fourth-order valence-electron chi connectivity index (χ4n) is 1.08. The van der Waals surface area contributed by atoms with Gasteiger partial charge in [-0.1, -0.05) is 0 Å². The van der Waals surface area contributed by atoms with E-state index in [1.54, 1.807) is 0 Å². The predicted molar refractivity (Wildman–Crippen MR) is 36.2 cm³/mol. The van der Waals surface area contributed by atoms with Gasteiger partial charge in [-0.3, -0.25) is 9.63 Å². The molecule has 58 valence electrons. The summed E-state index contributed by atoms with van der Waals surface area (Å²) in [5.41, 5.74) is 2.29. The minimum atomic E-state index is -0.0694. The number of hydrogen-bond acceptors (Lipinski definition) is 3. The molecule has 0 unspecified atom stereocenters. The molecule has 1 aliphatic heterocycles. The highest BCUT2D eigenvalue weighted by Gasteiger charge is 2.21. The van der Waals surface area contributed by atoms with E-state index in [0.29, 0.717) is 0 Å². The molecule has 2 N–H and O–H groups in total. The summed E-state index contributed by atoms with van der Waals surface area (Å²) in [6.07, 6.45) is 1.98. The third-order valence-corrected chi connectivity index (χ3v) is 1.58. The van der Waals surface area contributed by atoms with Crippen molar-refractivity contribution < 1.29 is 9.63 Å². The van der Waals surface area contributed by atoms with E-state index in [-0.39, 0.29) is 11.9 Å². The molecule has 1 rings (SSSR count). The van der Waals surface area contributed by atoms with E-state index >= 15 is 0 Å². The van der Waals surface area contributed by atoms with Crippen LogP contribution in [-0.4, -0.2) is 25.6 Å². The zero-order valence-corrected chi connectivity index (χ0v) is 6.02. The van der Waals surface area contributed by atoms with Gasteiger partial charge in [-0.05, 0) is 19.4 Å². The topological polar surface area (TPSA) is 50.4 Å². The first-order chi connectivity index (χ1) is 4.84. The highest BCUT2D eigenvalue weighted by Crippen LogP contribution is 2.03. The van der Waals surface area contributed by atoms with Crippen molar-refractivity contribution in [3.05, 3.63) is 0 Å². The van der Waals surface area contributed by atoms with E-state index in [4.69, 9.17) is 0 Å². The van der Waals surface area contributed by atoms with Crippen LogP contribution < -0.4 is 10.8 Å². The first-order valence-corrected chi connectivity index (χ1v) is 3.41. The van der Waals surface area contributed by atoms with Gasteiger partial charge < -0.3 is 5.32 Å². The highest BCUT2D eigenvalue weighted by molar-refractivity contribution is 5.80. The summed E-state index contributed by atoms with van der Waals surface area (Å²) in [4.78, 5) is 15.4. The molecule has 1 saturated heterocycles. The van der Waals surface area contributed by atoms with Crippen molar-refractivity contribution in [2.24, 2.45) is 0 Å².